The van der Waals surface area contributed by atoms with E-state index in [0.717, 1.165) is 22.3 Å². The first-order valence-electron chi connectivity index (χ1n) is 12.2. The largest absolute Gasteiger partial charge is 0.355 e. The van der Waals surface area contributed by atoms with Gasteiger partial charge >= 0.3 is 0 Å². The fourth-order valence-corrected chi connectivity index (χ4v) is 6.66. The van der Waals surface area contributed by atoms with Crippen LogP contribution >= 0.6 is 0 Å². The number of hydrogen-bond donors (Lipinski definition) is 1. The van der Waals surface area contributed by atoms with Crippen molar-refractivity contribution in [2.24, 2.45) is 5.92 Å². The molecule has 0 radical (unpaired) electrons. The molecule has 36 heavy (non-hydrogen) atoms. The molecule has 1 aliphatic heterocycles. The van der Waals surface area contributed by atoms with Gasteiger partial charge < -0.3 is 9.84 Å². The molecular formula is C28H33N3O4S. The van der Waals surface area contributed by atoms with E-state index in [1.165, 1.54) is 9.87 Å². The molecular weight excluding hydrogens is 474 g/mol. The first-order valence-corrected chi connectivity index (χ1v) is 13.6. The smallest absolute Gasteiger partial charge is 0.248 e. The number of aryl methyl sites for hydroxylation is 5. The maximum absolute atomic E-state index is 13.7. The van der Waals surface area contributed by atoms with Gasteiger partial charge in [0, 0.05) is 18.8 Å². The number of benzene rings is 2. The average Bonchev–Trinajstić information content (AvgIpc) is 3.19. The molecule has 1 atom stereocenters. The predicted molar refractivity (Wildman–Crippen MR) is 142 cm³/mol. The Labute approximate surface area is 213 Å². The summed E-state index contributed by atoms with van der Waals surface area (Å²) in [4.78, 5) is 13.0. The predicted octanol–water partition coefficient (Wildman–Crippen LogP) is 5.43. The number of aromatic nitrogens is 1. The summed E-state index contributed by atoms with van der Waals surface area (Å²) in [5, 5.41) is 6.89. The van der Waals surface area contributed by atoms with Crippen LogP contribution in [0.25, 0.3) is 12.2 Å². The van der Waals surface area contributed by atoms with Crippen LogP contribution in [0, 0.1) is 40.5 Å². The SMILES string of the molecule is Cc1cccc(NC(=O)[C@H]2CCCN(S(=O)(=O)c3c(C)noc3/C=C/c3c(C)cc(C)cc3C)C2)c1. The second-order valence-corrected chi connectivity index (χ2v) is 11.5. The van der Waals surface area contributed by atoms with E-state index in [0.29, 0.717) is 30.8 Å². The highest BCUT2D eigenvalue weighted by Gasteiger charge is 2.37. The van der Waals surface area contributed by atoms with Gasteiger partial charge in [0.25, 0.3) is 0 Å². The number of piperidine rings is 1. The Kier molecular flexibility index (Phi) is 7.47. The second-order valence-electron chi connectivity index (χ2n) is 9.67. The fourth-order valence-electron chi connectivity index (χ4n) is 4.88. The number of anilines is 1. The molecule has 190 valence electrons. The van der Waals surface area contributed by atoms with Crippen LogP contribution in [0.5, 0.6) is 0 Å². The molecule has 0 bridgehead atoms. The maximum atomic E-state index is 13.7. The molecule has 0 unspecified atom stereocenters. The van der Waals surface area contributed by atoms with Crippen LogP contribution in [-0.4, -0.2) is 36.9 Å². The molecule has 1 saturated heterocycles. The van der Waals surface area contributed by atoms with Crippen LogP contribution in [-0.2, 0) is 14.8 Å². The molecule has 1 aromatic heterocycles. The summed E-state index contributed by atoms with van der Waals surface area (Å²) < 4.78 is 34.2. The molecule has 2 heterocycles. The van der Waals surface area contributed by atoms with Crippen LogP contribution in [0.1, 0.15) is 52.1 Å². The molecule has 7 nitrogen and oxygen atoms in total. The van der Waals surface area contributed by atoms with Gasteiger partial charge in [-0.2, -0.15) is 4.31 Å². The summed E-state index contributed by atoms with van der Waals surface area (Å²) in [5.74, 6) is -0.419. The van der Waals surface area contributed by atoms with Gasteiger partial charge in [0.05, 0.1) is 5.92 Å². The summed E-state index contributed by atoms with van der Waals surface area (Å²) >= 11 is 0. The van der Waals surface area contributed by atoms with E-state index in [-0.39, 0.29) is 23.1 Å². The van der Waals surface area contributed by atoms with Gasteiger partial charge in [-0.15, -0.1) is 0 Å². The maximum Gasteiger partial charge on any atom is 0.248 e. The van der Waals surface area contributed by atoms with Gasteiger partial charge in [0.15, 0.2) is 10.7 Å². The fraction of sp³-hybridized carbons (Fsp3) is 0.357. The quantitative estimate of drug-likeness (QED) is 0.481. The minimum Gasteiger partial charge on any atom is -0.355 e. The minimum atomic E-state index is -3.91. The third kappa shape index (κ3) is 5.44. The summed E-state index contributed by atoms with van der Waals surface area (Å²) in [5.41, 5.74) is 6.45. The van der Waals surface area contributed by atoms with Crippen LogP contribution < -0.4 is 5.32 Å². The Balaban J connectivity index is 1.56. The van der Waals surface area contributed by atoms with Crippen molar-refractivity contribution < 1.29 is 17.7 Å². The van der Waals surface area contributed by atoms with E-state index in [9.17, 15) is 13.2 Å². The molecule has 0 spiro atoms. The third-order valence-corrected chi connectivity index (χ3v) is 8.64. The van der Waals surface area contributed by atoms with Gasteiger partial charge in [-0.1, -0.05) is 41.1 Å². The van der Waals surface area contributed by atoms with Crippen molar-refractivity contribution in [2.45, 2.75) is 52.4 Å². The summed E-state index contributed by atoms with van der Waals surface area (Å²) in [7, 11) is -3.91. The van der Waals surface area contributed by atoms with E-state index in [1.54, 1.807) is 13.0 Å². The van der Waals surface area contributed by atoms with Crippen LogP contribution in [0.15, 0.2) is 45.8 Å². The van der Waals surface area contributed by atoms with Gasteiger partial charge in [0.2, 0.25) is 15.9 Å². The van der Waals surface area contributed by atoms with Gasteiger partial charge in [-0.3, -0.25) is 4.79 Å². The highest BCUT2D eigenvalue weighted by atomic mass is 32.2. The van der Waals surface area contributed by atoms with Gasteiger partial charge in [0.1, 0.15) is 5.69 Å². The van der Waals surface area contributed by atoms with Crippen molar-refractivity contribution in [2.75, 3.05) is 18.4 Å². The zero-order valence-corrected chi connectivity index (χ0v) is 22.3. The first kappa shape index (κ1) is 25.9. The molecule has 0 aliphatic carbocycles. The molecule has 1 aliphatic rings. The number of carbonyl (C=O) groups excluding carboxylic acids is 1. The molecule has 8 heteroatoms. The lowest BCUT2D eigenvalue weighted by atomic mass is 9.98. The monoisotopic (exact) mass is 507 g/mol. The van der Waals surface area contributed by atoms with Crippen molar-refractivity contribution in [3.05, 3.63) is 75.7 Å². The van der Waals surface area contributed by atoms with Crippen molar-refractivity contribution >= 4 is 33.8 Å². The molecule has 2 aromatic carbocycles. The Bertz CT molecular complexity index is 1400. The summed E-state index contributed by atoms with van der Waals surface area (Å²) in [6, 6.07) is 11.7. The lowest BCUT2D eigenvalue weighted by molar-refractivity contribution is -0.120. The number of amides is 1. The number of sulfonamides is 1. The molecule has 4 rings (SSSR count). The normalized spacial score (nSPS) is 17.0. The number of nitrogens with zero attached hydrogens (tertiary/aromatic N) is 2. The molecule has 3 aromatic rings. The third-order valence-electron chi connectivity index (χ3n) is 6.61. The molecule has 1 fully saturated rings. The zero-order valence-electron chi connectivity index (χ0n) is 21.5. The average molecular weight is 508 g/mol. The Hall–Kier alpha value is -3.23. The van der Waals surface area contributed by atoms with Crippen molar-refractivity contribution in [1.29, 1.82) is 0 Å². The Morgan fingerprint density at radius 1 is 1.06 bits per heavy atom. The second kappa shape index (κ2) is 10.4. The van der Waals surface area contributed by atoms with E-state index in [4.69, 9.17) is 4.52 Å². The Morgan fingerprint density at radius 2 is 1.78 bits per heavy atom. The van der Waals surface area contributed by atoms with Crippen LogP contribution in [0.4, 0.5) is 5.69 Å². The van der Waals surface area contributed by atoms with Gasteiger partial charge in [-0.05, 0) is 87.9 Å². The van der Waals surface area contributed by atoms with E-state index in [1.807, 2.05) is 58.0 Å². The number of hydrogen-bond acceptors (Lipinski definition) is 5. The van der Waals surface area contributed by atoms with Crippen LogP contribution in [0.2, 0.25) is 0 Å². The first-order chi connectivity index (χ1) is 17.1. The van der Waals surface area contributed by atoms with Crippen molar-refractivity contribution in [1.82, 2.24) is 9.46 Å². The topological polar surface area (TPSA) is 92.5 Å². The lowest BCUT2D eigenvalue weighted by Gasteiger charge is -2.31. The molecule has 0 saturated carbocycles. The van der Waals surface area contributed by atoms with Crippen molar-refractivity contribution in [3.8, 4) is 0 Å². The van der Waals surface area contributed by atoms with Crippen LogP contribution in [0.3, 0.4) is 0 Å². The highest BCUT2D eigenvalue weighted by molar-refractivity contribution is 7.89. The van der Waals surface area contributed by atoms with Gasteiger partial charge in [-0.25, -0.2) is 8.42 Å². The summed E-state index contributed by atoms with van der Waals surface area (Å²) in [6.45, 7) is 10.1. The highest BCUT2D eigenvalue weighted by Crippen LogP contribution is 2.30. The van der Waals surface area contributed by atoms with E-state index < -0.39 is 15.9 Å². The number of rotatable bonds is 6. The molecule has 1 amide bonds. The number of carbonyl (C=O) groups is 1. The summed E-state index contributed by atoms with van der Waals surface area (Å²) in [6.07, 6.45) is 4.77. The standard InChI is InChI=1S/C28H33N3O4S/c1-18-8-6-10-24(16-18)29-28(32)23-9-7-13-31(17-23)36(33,34)27-22(5)30-35-26(27)12-11-25-20(3)14-19(2)15-21(25)4/h6,8,10-12,14-16,23H,7,9,13,17H2,1-5H3,(H,29,32)/b12-11+/t23-/m0/s1. The lowest BCUT2D eigenvalue weighted by Crippen LogP contribution is -2.43. The van der Waals surface area contributed by atoms with E-state index in [2.05, 4.69) is 22.6 Å². The minimum absolute atomic E-state index is 0.0564. The Morgan fingerprint density at radius 3 is 2.47 bits per heavy atom. The van der Waals surface area contributed by atoms with E-state index >= 15 is 0 Å². The zero-order chi connectivity index (χ0) is 26.0. The number of nitrogens with one attached hydrogen (secondary N) is 1. The molecule has 1 N–H and O–H groups in total. The van der Waals surface area contributed by atoms with Crippen molar-refractivity contribution in [3.63, 3.8) is 0 Å².